The van der Waals surface area contributed by atoms with Crippen LogP contribution in [0.5, 0.6) is 5.75 Å². The second-order valence-electron chi connectivity index (χ2n) is 4.88. The van der Waals surface area contributed by atoms with Crippen molar-refractivity contribution in [2.45, 2.75) is 20.0 Å². The summed E-state index contributed by atoms with van der Waals surface area (Å²) in [5, 5.41) is 2.41. The Labute approximate surface area is 122 Å². The highest BCUT2D eigenvalue weighted by Gasteiger charge is 2.24. The van der Waals surface area contributed by atoms with Crippen molar-refractivity contribution in [3.05, 3.63) is 41.4 Å². The predicted molar refractivity (Wildman–Crippen MR) is 80.5 cm³/mol. The fourth-order valence-electron chi connectivity index (χ4n) is 2.05. The Morgan fingerprint density at radius 2 is 1.85 bits per heavy atom. The van der Waals surface area contributed by atoms with Gasteiger partial charge in [-0.15, -0.1) is 0 Å². The van der Waals surface area contributed by atoms with E-state index in [1.807, 2.05) is 38.1 Å². The first-order valence-corrected chi connectivity index (χ1v) is 6.76. The first-order valence-electron chi connectivity index (χ1n) is 6.39. The number of hydrogen-bond acceptors (Lipinski definition) is 3. The third-order valence-corrected chi connectivity index (χ3v) is 3.42. The van der Waals surface area contributed by atoms with Gasteiger partial charge in [0.05, 0.1) is 0 Å². The summed E-state index contributed by atoms with van der Waals surface area (Å²) in [6, 6.07) is 11.2. The van der Waals surface area contributed by atoms with E-state index in [9.17, 15) is 4.79 Å². The molecule has 1 atom stereocenters. The van der Waals surface area contributed by atoms with Crippen molar-refractivity contribution in [1.82, 2.24) is 5.43 Å². The molecule has 0 fully saturated rings. The van der Waals surface area contributed by atoms with Crippen molar-refractivity contribution in [1.29, 1.82) is 0 Å². The van der Waals surface area contributed by atoms with E-state index in [-0.39, 0.29) is 11.8 Å². The van der Waals surface area contributed by atoms with Crippen molar-refractivity contribution in [3.8, 4) is 5.75 Å². The Balaban J connectivity index is 2.43. The standard InChI is InChI=1S/C15H17ClN2O2/c1-9(2)14(15(19)18-17)20-13-8-7-12(16)10-5-3-4-6-11(10)13/h3-9,14H,17H2,1-2H3,(H,18,19). The minimum Gasteiger partial charge on any atom is -0.480 e. The van der Waals surface area contributed by atoms with E-state index in [1.54, 1.807) is 12.1 Å². The van der Waals surface area contributed by atoms with Crippen molar-refractivity contribution in [2.24, 2.45) is 11.8 Å². The zero-order valence-electron chi connectivity index (χ0n) is 11.4. The number of hydrogen-bond donors (Lipinski definition) is 2. The zero-order valence-corrected chi connectivity index (χ0v) is 12.1. The molecule has 1 unspecified atom stereocenters. The fourth-order valence-corrected chi connectivity index (χ4v) is 2.28. The summed E-state index contributed by atoms with van der Waals surface area (Å²) in [6.07, 6.45) is -0.649. The molecule has 3 N–H and O–H groups in total. The van der Waals surface area contributed by atoms with Crippen LogP contribution in [0.15, 0.2) is 36.4 Å². The molecular weight excluding hydrogens is 276 g/mol. The van der Waals surface area contributed by atoms with Gasteiger partial charge in [0, 0.05) is 15.8 Å². The van der Waals surface area contributed by atoms with Crippen LogP contribution in [0.4, 0.5) is 0 Å². The number of rotatable bonds is 4. The molecule has 2 aromatic rings. The van der Waals surface area contributed by atoms with Gasteiger partial charge in [-0.05, 0) is 18.1 Å². The minimum absolute atomic E-state index is 0.00649. The average Bonchev–Trinajstić information content (AvgIpc) is 2.46. The molecule has 0 saturated carbocycles. The van der Waals surface area contributed by atoms with E-state index in [0.29, 0.717) is 10.8 Å². The Morgan fingerprint density at radius 3 is 2.45 bits per heavy atom. The van der Waals surface area contributed by atoms with Crippen molar-refractivity contribution in [3.63, 3.8) is 0 Å². The topological polar surface area (TPSA) is 64.3 Å². The van der Waals surface area contributed by atoms with Gasteiger partial charge >= 0.3 is 0 Å². The second kappa shape index (κ2) is 6.11. The maximum atomic E-state index is 11.8. The highest BCUT2D eigenvalue weighted by molar-refractivity contribution is 6.35. The van der Waals surface area contributed by atoms with Crippen molar-refractivity contribution in [2.75, 3.05) is 0 Å². The lowest BCUT2D eigenvalue weighted by Gasteiger charge is -2.21. The van der Waals surface area contributed by atoms with Crippen molar-refractivity contribution >= 4 is 28.3 Å². The van der Waals surface area contributed by atoms with Gasteiger partial charge in [-0.2, -0.15) is 0 Å². The third-order valence-electron chi connectivity index (χ3n) is 3.09. The monoisotopic (exact) mass is 292 g/mol. The molecule has 0 bridgehead atoms. The molecule has 4 nitrogen and oxygen atoms in total. The first-order chi connectivity index (χ1) is 9.54. The van der Waals surface area contributed by atoms with Gasteiger partial charge in [-0.25, -0.2) is 5.84 Å². The smallest absolute Gasteiger partial charge is 0.275 e. The number of nitrogens with two attached hydrogens (primary N) is 1. The van der Waals surface area contributed by atoms with Gasteiger partial charge in [0.1, 0.15) is 5.75 Å². The lowest BCUT2D eigenvalue weighted by atomic mass is 10.1. The Morgan fingerprint density at radius 1 is 1.20 bits per heavy atom. The summed E-state index contributed by atoms with van der Waals surface area (Å²) in [6.45, 7) is 3.80. The molecule has 0 aliphatic heterocycles. The maximum Gasteiger partial charge on any atom is 0.275 e. The molecule has 0 aliphatic carbocycles. The van der Waals surface area contributed by atoms with Gasteiger partial charge in [-0.3, -0.25) is 10.2 Å². The number of benzene rings is 2. The molecule has 0 aliphatic rings. The number of fused-ring (bicyclic) bond motifs is 1. The SMILES string of the molecule is CC(C)C(Oc1ccc(Cl)c2ccccc12)C(=O)NN. The van der Waals surface area contributed by atoms with Crippen LogP contribution in [-0.2, 0) is 4.79 Å². The summed E-state index contributed by atoms with van der Waals surface area (Å²) in [4.78, 5) is 11.8. The molecule has 0 aromatic heterocycles. The largest absolute Gasteiger partial charge is 0.480 e. The number of ether oxygens (including phenoxy) is 1. The van der Waals surface area contributed by atoms with E-state index in [1.165, 1.54) is 0 Å². The summed E-state index contributed by atoms with van der Waals surface area (Å²) in [7, 11) is 0. The molecule has 1 amide bonds. The number of carbonyl (C=O) groups excluding carboxylic acids is 1. The molecule has 2 aromatic carbocycles. The van der Waals surface area contributed by atoms with Crippen LogP contribution in [0.25, 0.3) is 10.8 Å². The summed E-state index contributed by atoms with van der Waals surface area (Å²) >= 11 is 6.16. The van der Waals surface area contributed by atoms with Gasteiger partial charge in [-0.1, -0.05) is 49.7 Å². The van der Waals surface area contributed by atoms with E-state index < -0.39 is 6.10 Å². The van der Waals surface area contributed by atoms with Gasteiger partial charge < -0.3 is 4.74 Å². The summed E-state index contributed by atoms with van der Waals surface area (Å²) in [5.74, 6) is 5.46. The van der Waals surface area contributed by atoms with Crippen LogP contribution in [0.1, 0.15) is 13.8 Å². The first kappa shape index (κ1) is 14.6. The number of amides is 1. The number of halogens is 1. The number of hydrazine groups is 1. The second-order valence-corrected chi connectivity index (χ2v) is 5.29. The molecule has 0 spiro atoms. The fraction of sp³-hybridized carbons (Fsp3) is 0.267. The Kier molecular flexibility index (Phi) is 4.47. The van der Waals surface area contributed by atoms with Crippen LogP contribution in [-0.4, -0.2) is 12.0 Å². The van der Waals surface area contributed by atoms with Crippen LogP contribution < -0.4 is 16.0 Å². The lowest BCUT2D eigenvalue weighted by Crippen LogP contribution is -2.44. The van der Waals surface area contributed by atoms with Crippen LogP contribution in [0, 0.1) is 5.92 Å². The van der Waals surface area contributed by atoms with Crippen molar-refractivity contribution < 1.29 is 9.53 Å². The van der Waals surface area contributed by atoms with E-state index in [2.05, 4.69) is 5.43 Å². The van der Waals surface area contributed by atoms with E-state index in [4.69, 9.17) is 22.2 Å². The van der Waals surface area contributed by atoms with Gasteiger partial charge in [0.25, 0.3) is 5.91 Å². The Hall–Kier alpha value is -1.78. The molecule has 0 heterocycles. The maximum absolute atomic E-state index is 11.8. The summed E-state index contributed by atoms with van der Waals surface area (Å²) in [5.41, 5.74) is 2.14. The van der Waals surface area contributed by atoms with E-state index >= 15 is 0 Å². The normalized spacial score (nSPS) is 12.4. The van der Waals surface area contributed by atoms with Crippen LogP contribution in [0.2, 0.25) is 5.02 Å². The Bertz CT molecular complexity index is 628. The number of nitrogens with one attached hydrogen (secondary N) is 1. The lowest BCUT2D eigenvalue weighted by molar-refractivity contribution is -0.129. The minimum atomic E-state index is -0.649. The van der Waals surface area contributed by atoms with Crippen LogP contribution in [0.3, 0.4) is 0 Å². The van der Waals surface area contributed by atoms with E-state index in [0.717, 1.165) is 10.8 Å². The molecule has 5 heteroatoms. The number of carbonyl (C=O) groups is 1. The molecule has 0 saturated heterocycles. The third kappa shape index (κ3) is 2.86. The molecule has 106 valence electrons. The predicted octanol–water partition coefficient (Wildman–Crippen LogP) is 2.89. The quantitative estimate of drug-likeness (QED) is 0.517. The average molecular weight is 293 g/mol. The van der Waals surface area contributed by atoms with Crippen LogP contribution >= 0.6 is 11.6 Å². The summed E-state index contributed by atoms with van der Waals surface area (Å²) < 4.78 is 5.85. The zero-order chi connectivity index (χ0) is 14.7. The highest BCUT2D eigenvalue weighted by Crippen LogP contribution is 2.32. The van der Waals surface area contributed by atoms with Gasteiger partial charge in [0.15, 0.2) is 6.10 Å². The van der Waals surface area contributed by atoms with Gasteiger partial charge in [0.2, 0.25) is 0 Å². The highest BCUT2D eigenvalue weighted by atomic mass is 35.5. The molecule has 0 radical (unpaired) electrons. The molecular formula is C15H17ClN2O2. The molecule has 2 rings (SSSR count). The molecule has 20 heavy (non-hydrogen) atoms.